The normalized spacial score (nSPS) is 21.8. The van der Waals surface area contributed by atoms with Gasteiger partial charge in [0, 0.05) is 37.9 Å². The highest BCUT2D eigenvalue weighted by Gasteiger charge is 2.34. The van der Waals surface area contributed by atoms with Crippen molar-refractivity contribution < 1.29 is 17.9 Å². The van der Waals surface area contributed by atoms with E-state index < -0.39 is 10.2 Å². The maximum Gasteiger partial charge on any atom is 0.282 e. The molecule has 0 amide bonds. The van der Waals surface area contributed by atoms with Crippen LogP contribution in [0.5, 0.6) is 5.88 Å². The van der Waals surface area contributed by atoms with E-state index in [1.54, 1.807) is 4.31 Å². The minimum atomic E-state index is -3.39. The molecule has 9 heteroatoms. The van der Waals surface area contributed by atoms with Crippen LogP contribution < -0.4 is 4.74 Å². The van der Waals surface area contributed by atoms with Crippen molar-refractivity contribution in [3.8, 4) is 5.88 Å². The molecule has 0 aliphatic carbocycles. The molecule has 3 rings (SSSR count). The number of hydrogen-bond donors (Lipinski definition) is 0. The van der Waals surface area contributed by atoms with Crippen molar-refractivity contribution in [2.24, 2.45) is 0 Å². The number of rotatable bonds is 4. The van der Waals surface area contributed by atoms with Crippen molar-refractivity contribution >= 4 is 10.2 Å². The van der Waals surface area contributed by atoms with Gasteiger partial charge in [-0.15, -0.1) is 0 Å². The van der Waals surface area contributed by atoms with Crippen LogP contribution in [0.15, 0.2) is 6.07 Å². The van der Waals surface area contributed by atoms with Crippen LogP contribution in [0.2, 0.25) is 0 Å². The zero-order valence-corrected chi connectivity index (χ0v) is 15.0. The molecule has 24 heavy (non-hydrogen) atoms. The first-order valence-corrected chi connectivity index (χ1v) is 9.67. The maximum absolute atomic E-state index is 12.6. The zero-order chi connectivity index (χ0) is 17.2. The number of aryl methyl sites for hydroxylation is 2. The minimum absolute atomic E-state index is 0.0187. The lowest BCUT2D eigenvalue weighted by molar-refractivity contribution is 0.0675. The number of hydrogen-bond acceptors (Lipinski definition) is 6. The molecule has 0 aromatic carbocycles. The molecule has 0 unspecified atom stereocenters. The van der Waals surface area contributed by atoms with Crippen molar-refractivity contribution in [1.29, 1.82) is 0 Å². The third kappa shape index (κ3) is 4.02. The predicted octanol–water partition coefficient (Wildman–Crippen LogP) is 0.514. The Morgan fingerprint density at radius 2 is 1.71 bits per heavy atom. The van der Waals surface area contributed by atoms with Gasteiger partial charge >= 0.3 is 0 Å². The lowest BCUT2D eigenvalue weighted by Gasteiger charge is -2.36. The summed E-state index contributed by atoms with van der Waals surface area (Å²) in [6.45, 7) is 6.45. The Kier molecular flexibility index (Phi) is 5.33. The van der Waals surface area contributed by atoms with Crippen LogP contribution in [0.25, 0.3) is 0 Å². The third-order valence-electron chi connectivity index (χ3n) is 4.25. The molecule has 2 saturated heterocycles. The topological polar surface area (TPSA) is 84.9 Å². The monoisotopic (exact) mass is 356 g/mol. The second-order valence-electron chi connectivity index (χ2n) is 6.13. The zero-order valence-electron chi connectivity index (χ0n) is 14.1. The van der Waals surface area contributed by atoms with Crippen molar-refractivity contribution in [2.45, 2.75) is 32.8 Å². The fraction of sp³-hybridized carbons (Fsp3) is 0.733. The molecule has 0 atom stereocenters. The van der Waals surface area contributed by atoms with Crippen molar-refractivity contribution in [2.75, 3.05) is 39.4 Å². The molecule has 2 fully saturated rings. The van der Waals surface area contributed by atoms with Gasteiger partial charge in [-0.25, -0.2) is 4.98 Å². The molecule has 2 aliphatic heterocycles. The summed E-state index contributed by atoms with van der Waals surface area (Å²) in [5.41, 5.74) is 0.866. The van der Waals surface area contributed by atoms with Gasteiger partial charge in [0.05, 0.1) is 13.2 Å². The highest BCUT2D eigenvalue weighted by molar-refractivity contribution is 7.86. The average Bonchev–Trinajstić information content (AvgIpc) is 2.55. The number of morpholine rings is 1. The summed E-state index contributed by atoms with van der Waals surface area (Å²) in [7, 11) is -3.39. The van der Waals surface area contributed by atoms with Gasteiger partial charge in [0.1, 0.15) is 11.9 Å². The van der Waals surface area contributed by atoms with Crippen LogP contribution in [0, 0.1) is 13.8 Å². The highest BCUT2D eigenvalue weighted by atomic mass is 32.2. The third-order valence-corrected chi connectivity index (χ3v) is 6.29. The van der Waals surface area contributed by atoms with E-state index in [0.29, 0.717) is 63.9 Å². The molecular weight excluding hydrogens is 332 g/mol. The fourth-order valence-corrected chi connectivity index (χ4v) is 4.64. The molecule has 8 nitrogen and oxygen atoms in total. The van der Waals surface area contributed by atoms with Crippen molar-refractivity contribution in [3.63, 3.8) is 0 Å². The summed E-state index contributed by atoms with van der Waals surface area (Å²) in [5.74, 6) is 1.24. The van der Waals surface area contributed by atoms with Crippen LogP contribution in [0.1, 0.15) is 24.4 Å². The summed E-state index contributed by atoms with van der Waals surface area (Å²) in [6.07, 6.45) is 1.30. The Balaban J connectivity index is 1.57. The first kappa shape index (κ1) is 17.5. The molecule has 3 heterocycles. The lowest BCUT2D eigenvalue weighted by Crippen LogP contribution is -2.51. The van der Waals surface area contributed by atoms with Gasteiger partial charge in [-0.3, -0.25) is 0 Å². The number of piperidine rings is 1. The second-order valence-corrected chi connectivity index (χ2v) is 8.06. The molecule has 2 aliphatic rings. The minimum Gasteiger partial charge on any atom is -0.474 e. The molecular formula is C15H24N4O4S. The first-order chi connectivity index (χ1) is 11.4. The smallest absolute Gasteiger partial charge is 0.282 e. The van der Waals surface area contributed by atoms with Crippen LogP contribution >= 0.6 is 0 Å². The van der Waals surface area contributed by atoms with E-state index in [1.165, 1.54) is 4.31 Å². The summed E-state index contributed by atoms with van der Waals surface area (Å²) < 4.78 is 39.5. The van der Waals surface area contributed by atoms with E-state index in [0.717, 1.165) is 5.69 Å². The first-order valence-electron chi connectivity index (χ1n) is 8.27. The molecule has 134 valence electrons. The fourth-order valence-electron chi connectivity index (χ4n) is 3.04. The van der Waals surface area contributed by atoms with Crippen molar-refractivity contribution in [1.82, 2.24) is 18.6 Å². The van der Waals surface area contributed by atoms with E-state index >= 15 is 0 Å². The molecule has 0 spiro atoms. The largest absolute Gasteiger partial charge is 0.474 e. The Morgan fingerprint density at radius 3 is 2.33 bits per heavy atom. The Morgan fingerprint density at radius 1 is 1.08 bits per heavy atom. The van der Waals surface area contributed by atoms with Gasteiger partial charge in [-0.1, -0.05) is 0 Å². The molecule has 0 radical (unpaired) electrons. The van der Waals surface area contributed by atoms with Gasteiger partial charge in [-0.05, 0) is 26.7 Å². The van der Waals surface area contributed by atoms with Crippen molar-refractivity contribution in [3.05, 3.63) is 17.6 Å². The highest BCUT2D eigenvalue weighted by Crippen LogP contribution is 2.21. The number of ether oxygens (including phenoxy) is 2. The second kappa shape index (κ2) is 7.30. The number of nitrogens with zero attached hydrogens (tertiary/aromatic N) is 4. The van der Waals surface area contributed by atoms with E-state index in [1.807, 2.05) is 19.9 Å². The lowest BCUT2D eigenvalue weighted by atomic mass is 10.1. The van der Waals surface area contributed by atoms with E-state index in [9.17, 15) is 8.42 Å². The Labute approximate surface area is 143 Å². The summed E-state index contributed by atoms with van der Waals surface area (Å²) >= 11 is 0. The van der Waals surface area contributed by atoms with Gasteiger partial charge in [0.15, 0.2) is 0 Å². The molecule has 0 N–H and O–H groups in total. The van der Waals surface area contributed by atoms with E-state index in [-0.39, 0.29) is 6.10 Å². The van der Waals surface area contributed by atoms with Gasteiger partial charge in [-0.2, -0.15) is 22.0 Å². The maximum atomic E-state index is 12.6. The van der Waals surface area contributed by atoms with Crippen LogP contribution in [-0.4, -0.2) is 72.5 Å². The van der Waals surface area contributed by atoms with Crippen LogP contribution in [0.4, 0.5) is 0 Å². The van der Waals surface area contributed by atoms with E-state index in [4.69, 9.17) is 9.47 Å². The summed E-state index contributed by atoms with van der Waals surface area (Å²) in [6, 6.07) is 1.81. The Hall–Kier alpha value is -1.29. The average molecular weight is 356 g/mol. The van der Waals surface area contributed by atoms with Gasteiger partial charge < -0.3 is 9.47 Å². The molecule has 0 saturated carbocycles. The summed E-state index contributed by atoms with van der Waals surface area (Å²) in [4.78, 5) is 8.51. The van der Waals surface area contributed by atoms with Crippen LogP contribution in [0.3, 0.4) is 0 Å². The standard InChI is InChI=1S/C15H24N4O4S/c1-12-11-15(17-13(2)16-12)23-14-3-5-18(6-4-14)24(20,21)19-7-9-22-10-8-19/h11,14H,3-10H2,1-2H3. The molecule has 0 bridgehead atoms. The van der Waals surface area contributed by atoms with Gasteiger partial charge in [0.25, 0.3) is 10.2 Å². The van der Waals surface area contributed by atoms with E-state index in [2.05, 4.69) is 9.97 Å². The van der Waals surface area contributed by atoms with Crippen LogP contribution in [-0.2, 0) is 14.9 Å². The SMILES string of the molecule is Cc1cc(OC2CCN(S(=O)(=O)N3CCOCC3)CC2)nc(C)n1. The molecule has 1 aromatic heterocycles. The quantitative estimate of drug-likeness (QED) is 0.782. The predicted molar refractivity (Wildman–Crippen MR) is 88.0 cm³/mol. The Bertz CT molecular complexity index is 648. The number of aromatic nitrogens is 2. The molecule has 1 aromatic rings. The summed E-state index contributed by atoms with van der Waals surface area (Å²) in [5, 5.41) is 0. The van der Waals surface area contributed by atoms with Gasteiger partial charge in [0.2, 0.25) is 5.88 Å².